The largest absolute Gasteiger partial charge is 0.494 e. The number of halogens is 2. The maximum absolute atomic E-state index is 11.9. The molecule has 0 bridgehead atoms. The average Bonchev–Trinajstić information content (AvgIpc) is 2.98. The van der Waals surface area contributed by atoms with Crippen LogP contribution in [0.4, 0.5) is 0 Å². The van der Waals surface area contributed by atoms with Crippen LogP contribution in [0.15, 0.2) is 30.5 Å². The number of carbonyl (C=O) groups excluding carboxylic acids is 2. The predicted molar refractivity (Wildman–Crippen MR) is 78.7 cm³/mol. The van der Waals surface area contributed by atoms with Crippen LogP contribution >= 0.6 is 23.2 Å². The van der Waals surface area contributed by atoms with Gasteiger partial charge in [0.25, 0.3) is 11.8 Å². The van der Waals surface area contributed by atoms with Crippen molar-refractivity contribution in [3.8, 4) is 5.75 Å². The van der Waals surface area contributed by atoms with E-state index in [9.17, 15) is 9.59 Å². The maximum atomic E-state index is 11.9. The summed E-state index contributed by atoms with van der Waals surface area (Å²) in [5, 5.41) is 0.400. The normalized spacial score (nSPS) is 10.0. The first-order valence-corrected chi connectivity index (χ1v) is 6.55. The van der Waals surface area contributed by atoms with Crippen LogP contribution in [0.5, 0.6) is 5.75 Å². The van der Waals surface area contributed by atoms with Gasteiger partial charge in [-0.2, -0.15) is 0 Å². The second kappa shape index (κ2) is 6.51. The Morgan fingerprint density at radius 3 is 2.29 bits per heavy atom. The SMILES string of the molecule is COc1c(Cl)cc(C(=O)NNC(=O)c2ccc[nH]2)cc1Cl. The molecular formula is C13H11Cl2N3O3. The van der Waals surface area contributed by atoms with Gasteiger partial charge >= 0.3 is 0 Å². The van der Waals surface area contributed by atoms with Crippen LogP contribution in [-0.4, -0.2) is 23.9 Å². The molecule has 0 fully saturated rings. The van der Waals surface area contributed by atoms with Crippen LogP contribution in [0, 0.1) is 0 Å². The van der Waals surface area contributed by atoms with Crippen LogP contribution in [0.25, 0.3) is 0 Å². The van der Waals surface area contributed by atoms with Crippen molar-refractivity contribution in [1.82, 2.24) is 15.8 Å². The summed E-state index contributed by atoms with van der Waals surface area (Å²) in [5.74, 6) is -0.745. The molecule has 0 spiro atoms. The first-order chi connectivity index (χ1) is 10.0. The lowest BCUT2D eigenvalue weighted by molar-refractivity contribution is 0.0844. The zero-order valence-electron chi connectivity index (χ0n) is 10.9. The molecule has 6 nitrogen and oxygen atoms in total. The molecule has 3 N–H and O–H groups in total. The number of ether oxygens (including phenoxy) is 1. The second-order valence-electron chi connectivity index (χ2n) is 3.97. The summed E-state index contributed by atoms with van der Waals surface area (Å²) in [6.07, 6.45) is 1.60. The molecule has 1 aromatic carbocycles. The van der Waals surface area contributed by atoms with Crippen molar-refractivity contribution >= 4 is 35.0 Å². The van der Waals surface area contributed by atoms with E-state index in [2.05, 4.69) is 15.8 Å². The number of methoxy groups -OCH3 is 1. The van der Waals surface area contributed by atoms with E-state index >= 15 is 0 Å². The highest BCUT2D eigenvalue weighted by atomic mass is 35.5. The Balaban J connectivity index is 2.06. The van der Waals surface area contributed by atoms with Crippen LogP contribution in [0.3, 0.4) is 0 Å². The molecule has 0 atom stereocenters. The smallest absolute Gasteiger partial charge is 0.286 e. The van der Waals surface area contributed by atoms with Crippen LogP contribution < -0.4 is 15.6 Å². The van der Waals surface area contributed by atoms with E-state index in [1.807, 2.05) is 0 Å². The van der Waals surface area contributed by atoms with Gasteiger partial charge in [-0.15, -0.1) is 0 Å². The Kier molecular flexibility index (Phi) is 4.72. The fraction of sp³-hybridized carbons (Fsp3) is 0.0769. The van der Waals surface area contributed by atoms with Gasteiger partial charge < -0.3 is 9.72 Å². The predicted octanol–water partition coefficient (Wildman–Crippen LogP) is 2.40. The van der Waals surface area contributed by atoms with E-state index in [4.69, 9.17) is 27.9 Å². The molecule has 0 radical (unpaired) electrons. The molecule has 21 heavy (non-hydrogen) atoms. The van der Waals surface area contributed by atoms with Crippen molar-refractivity contribution < 1.29 is 14.3 Å². The number of amides is 2. The van der Waals surface area contributed by atoms with Gasteiger partial charge in [-0.05, 0) is 24.3 Å². The monoisotopic (exact) mass is 327 g/mol. The average molecular weight is 328 g/mol. The number of H-pyrrole nitrogens is 1. The molecule has 2 aromatic rings. The minimum absolute atomic E-state index is 0.192. The Morgan fingerprint density at radius 1 is 1.14 bits per heavy atom. The maximum Gasteiger partial charge on any atom is 0.286 e. The molecule has 2 rings (SSSR count). The summed E-state index contributed by atoms with van der Waals surface area (Å²) in [4.78, 5) is 26.3. The minimum Gasteiger partial charge on any atom is -0.494 e. The third kappa shape index (κ3) is 3.48. The molecular weight excluding hydrogens is 317 g/mol. The molecule has 0 aliphatic rings. The fourth-order valence-electron chi connectivity index (χ4n) is 1.61. The van der Waals surface area contributed by atoms with E-state index in [0.717, 1.165) is 0 Å². The lowest BCUT2D eigenvalue weighted by Gasteiger charge is -2.10. The summed E-state index contributed by atoms with van der Waals surface area (Å²) in [6.45, 7) is 0. The topological polar surface area (TPSA) is 83.2 Å². The van der Waals surface area contributed by atoms with Crippen molar-refractivity contribution in [3.63, 3.8) is 0 Å². The quantitative estimate of drug-likeness (QED) is 0.757. The number of hydrogen-bond donors (Lipinski definition) is 3. The number of nitrogens with one attached hydrogen (secondary N) is 3. The van der Waals surface area contributed by atoms with E-state index in [0.29, 0.717) is 5.69 Å². The zero-order valence-corrected chi connectivity index (χ0v) is 12.4. The highest BCUT2D eigenvalue weighted by Crippen LogP contribution is 2.33. The fourth-order valence-corrected chi connectivity index (χ4v) is 2.25. The Morgan fingerprint density at radius 2 is 1.76 bits per heavy atom. The number of rotatable bonds is 3. The Labute approximate surface area is 130 Å². The lowest BCUT2D eigenvalue weighted by atomic mass is 10.2. The number of hydrogen-bond acceptors (Lipinski definition) is 3. The molecule has 0 unspecified atom stereocenters. The molecule has 1 heterocycles. The Hall–Kier alpha value is -2.18. The standard InChI is InChI=1S/C13H11Cl2N3O3/c1-21-11-8(14)5-7(6-9(11)15)12(19)17-18-13(20)10-3-2-4-16-10/h2-6,16H,1H3,(H,17,19)(H,18,20). The summed E-state index contributed by atoms with van der Waals surface area (Å²) < 4.78 is 4.99. The van der Waals surface area contributed by atoms with E-state index in [-0.39, 0.29) is 21.4 Å². The molecule has 0 aliphatic heterocycles. The van der Waals surface area contributed by atoms with Gasteiger partial charge in [-0.3, -0.25) is 20.4 Å². The molecule has 8 heteroatoms. The van der Waals surface area contributed by atoms with Gasteiger partial charge in [0.05, 0.1) is 17.2 Å². The van der Waals surface area contributed by atoms with Gasteiger partial charge in [0.15, 0.2) is 5.75 Å². The minimum atomic E-state index is -0.554. The zero-order chi connectivity index (χ0) is 15.4. The summed E-state index contributed by atoms with van der Waals surface area (Å²) >= 11 is 11.9. The van der Waals surface area contributed by atoms with Gasteiger partial charge in [-0.25, -0.2) is 0 Å². The van der Waals surface area contributed by atoms with Crippen molar-refractivity contribution in [3.05, 3.63) is 51.8 Å². The molecule has 2 amide bonds. The highest BCUT2D eigenvalue weighted by molar-refractivity contribution is 6.37. The third-order valence-corrected chi connectivity index (χ3v) is 3.16. The van der Waals surface area contributed by atoms with Crippen molar-refractivity contribution in [1.29, 1.82) is 0 Å². The molecule has 0 aliphatic carbocycles. The molecule has 0 saturated carbocycles. The number of aromatic amines is 1. The van der Waals surface area contributed by atoms with Crippen LogP contribution in [-0.2, 0) is 0 Å². The summed E-state index contributed by atoms with van der Waals surface area (Å²) in [7, 11) is 1.42. The van der Waals surface area contributed by atoms with Crippen molar-refractivity contribution in [2.45, 2.75) is 0 Å². The van der Waals surface area contributed by atoms with Gasteiger partial charge in [0.2, 0.25) is 0 Å². The van der Waals surface area contributed by atoms with Crippen molar-refractivity contribution in [2.75, 3.05) is 7.11 Å². The Bertz CT molecular complexity index is 648. The molecule has 1 aromatic heterocycles. The lowest BCUT2D eigenvalue weighted by Crippen LogP contribution is -2.41. The van der Waals surface area contributed by atoms with E-state index < -0.39 is 11.8 Å². The summed E-state index contributed by atoms with van der Waals surface area (Å²) in [6, 6.07) is 6.02. The van der Waals surface area contributed by atoms with Gasteiger partial charge in [0.1, 0.15) is 5.69 Å². The number of benzene rings is 1. The van der Waals surface area contributed by atoms with Crippen LogP contribution in [0.2, 0.25) is 10.0 Å². The van der Waals surface area contributed by atoms with Crippen molar-refractivity contribution in [2.24, 2.45) is 0 Å². The number of aromatic nitrogens is 1. The van der Waals surface area contributed by atoms with Gasteiger partial charge in [-0.1, -0.05) is 23.2 Å². The molecule has 0 saturated heterocycles. The second-order valence-corrected chi connectivity index (χ2v) is 4.78. The first-order valence-electron chi connectivity index (χ1n) is 5.80. The summed E-state index contributed by atoms with van der Waals surface area (Å²) in [5.41, 5.74) is 5.04. The van der Waals surface area contributed by atoms with Crippen LogP contribution in [0.1, 0.15) is 20.8 Å². The number of hydrazine groups is 1. The van der Waals surface area contributed by atoms with E-state index in [1.54, 1.807) is 18.3 Å². The third-order valence-electron chi connectivity index (χ3n) is 2.60. The first kappa shape index (κ1) is 15.2. The van der Waals surface area contributed by atoms with E-state index in [1.165, 1.54) is 19.2 Å². The molecule has 110 valence electrons. The highest BCUT2D eigenvalue weighted by Gasteiger charge is 2.14. The van der Waals surface area contributed by atoms with Gasteiger partial charge in [0, 0.05) is 11.8 Å². The number of carbonyl (C=O) groups is 2.